The number of amides is 2. The van der Waals surface area contributed by atoms with Gasteiger partial charge in [0, 0.05) is 22.0 Å². The lowest BCUT2D eigenvalue weighted by molar-refractivity contribution is -0.118. The van der Waals surface area contributed by atoms with Crippen LogP contribution in [-0.2, 0) is 9.59 Å². The first kappa shape index (κ1) is 20.2. The van der Waals surface area contributed by atoms with Crippen LogP contribution in [0, 0.1) is 13.8 Å². The summed E-state index contributed by atoms with van der Waals surface area (Å²) in [5.74, 6) is 0.00856. The lowest BCUT2D eigenvalue weighted by Crippen LogP contribution is -2.19. The summed E-state index contributed by atoms with van der Waals surface area (Å²) in [4.78, 5) is 24.0. The molecule has 0 bridgehead atoms. The number of halogens is 1. The standard InChI is InChI=1S/C19H20BrN3O2S/c1-12-9-18(13(2)8-17(12)20)26-11-19(25)23-21-10-15-4-6-16(7-5-15)22-14(3)24/h4-10H,11H2,1-3H3,(H,22,24)(H,23,25)/b21-10+. The van der Waals surface area contributed by atoms with Gasteiger partial charge in [-0.15, -0.1) is 11.8 Å². The average molecular weight is 434 g/mol. The zero-order valence-corrected chi connectivity index (χ0v) is 17.2. The number of nitrogens with zero attached hydrogens (tertiary/aromatic N) is 1. The second kappa shape index (κ2) is 9.54. The Hall–Kier alpha value is -2.12. The number of rotatable bonds is 6. The van der Waals surface area contributed by atoms with Crippen LogP contribution in [0.2, 0.25) is 0 Å². The third kappa shape index (κ3) is 6.31. The molecule has 0 aliphatic carbocycles. The van der Waals surface area contributed by atoms with E-state index in [4.69, 9.17) is 0 Å². The molecule has 7 heteroatoms. The summed E-state index contributed by atoms with van der Waals surface area (Å²) in [6.07, 6.45) is 1.56. The van der Waals surface area contributed by atoms with E-state index in [1.807, 2.05) is 26.0 Å². The van der Waals surface area contributed by atoms with Gasteiger partial charge in [-0.2, -0.15) is 5.10 Å². The summed E-state index contributed by atoms with van der Waals surface area (Å²) in [6.45, 7) is 5.50. The molecule has 0 aliphatic heterocycles. The van der Waals surface area contributed by atoms with Crippen LogP contribution in [0.25, 0.3) is 0 Å². The Morgan fingerprint density at radius 2 is 1.85 bits per heavy atom. The monoisotopic (exact) mass is 433 g/mol. The maximum Gasteiger partial charge on any atom is 0.250 e. The van der Waals surface area contributed by atoms with Crippen molar-refractivity contribution < 1.29 is 9.59 Å². The third-order valence-electron chi connectivity index (χ3n) is 3.45. The molecule has 0 unspecified atom stereocenters. The van der Waals surface area contributed by atoms with Gasteiger partial charge in [0.2, 0.25) is 11.8 Å². The van der Waals surface area contributed by atoms with Crippen molar-refractivity contribution >= 4 is 51.4 Å². The molecule has 0 saturated heterocycles. The molecule has 2 rings (SSSR count). The van der Waals surface area contributed by atoms with Gasteiger partial charge in [-0.05, 0) is 54.8 Å². The summed E-state index contributed by atoms with van der Waals surface area (Å²) in [6, 6.07) is 11.3. The van der Waals surface area contributed by atoms with Crippen LogP contribution in [0.5, 0.6) is 0 Å². The highest BCUT2D eigenvalue weighted by Crippen LogP contribution is 2.28. The van der Waals surface area contributed by atoms with Crippen molar-refractivity contribution in [3.05, 3.63) is 57.6 Å². The molecule has 0 heterocycles. The molecule has 0 aromatic heterocycles. The van der Waals surface area contributed by atoms with E-state index in [2.05, 4.69) is 43.9 Å². The van der Waals surface area contributed by atoms with Crippen LogP contribution in [0.15, 0.2) is 50.9 Å². The Balaban J connectivity index is 1.84. The Bertz CT molecular complexity index is 835. The minimum Gasteiger partial charge on any atom is -0.326 e. The van der Waals surface area contributed by atoms with E-state index in [-0.39, 0.29) is 11.8 Å². The molecular formula is C19H20BrN3O2S. The van der Waals surface area contributed by atoms with Crippen LogP contribution in [0.1, 0.15) is 23.6 Å². The molecule has 2 aromatic carbocycles. The Kier molecular flexibility index (Phi) is 7.41. The van der Waals surface area contributed by atoms with Crippen LogP contribution in [0.4, 0.5) is 5.69 Å². The highest BCUT2D eigenvalue weighted by molar-refractivity contribution is 9.10. The van der Waals surface area contributed by atoms with E-state index in [9.17, 15) is 9.59 Å². The molecule has 2 amide bonds. The number of hydrogen-bond acceptors (Lipinski definition) is 4. The molecule has 0 saturated carbocycles. The molecule has 0 radical (unpaired) electrons. The Morgan fingerprint density at radius 1 is 1.15 bits per heavy atom. The number of carbonyl (C=O) groups excluding carboxylic acids is 2. The number of hydrazone groups is 1. The van der Waals surface area contributed by atoms with E-state index in [0.29, 0.717) is 5.75 Å². The lowest BCUT2D eigenvalue weighted by atomic mass is 10.2. The van der Waals surface area contributed by atoms with E-state index >= 15 is 0 Å². The summed E-state index contributed by atoms with van der Waals surface area (Å²) in [7, 11) is 0. The van der Waals surface area contributed by atoms with Crippen molar-refractivity contribution in [3.8, 4) is 0 Å². The number of hydrogen-bond donors (Lipinski definition) is 2. The highest BCUT2D eigenvalue weighted by atomic mass is 79.9. The minimum atomic E-state index is -0.166. The fourth-order valence-corrected chi connectivity index (χ4v) is 3.48. The number of thioether (sulfide) groups is 1. The van der Waals surface area contributed by atoms with Gasteiger partial charge >= 0.3 is 0 Å². The molecule has 5 nitrogen and oxygen atoms in total. The molecule has 2 N–H and O–H groups in total. The van der Waals surface area contributed by atoms with Gasteiger partial charge in [-0.1, -0.05) is 28.1 Å². The predicted molar refractivity (Wildman–Crippen MR) is 111 cm³/mol. The summed E-state index contributed by atoms with van der Waals surface area (Å²) in [5.41, 5.74) is 6.33. The first-order valence-corrected chi connectivity index (χ1v) is 9.72. The smallest absolute Gasteiger partial charge is 0.250 e. The zero-order chi connectivity index (χ0) is 19.1. The van der Waals surface area contributed by atoms with E-state index in [1.165, 1.54) is 18.7 Å². The minimum absolute atomic E-state index is 0.118. The predicted octanol–water partition coefficient (Wildman–Crippen LogP) is 4.27. The quantitative estimate of drug-likeness (QED) is 0.405. The van der Waals surface area contributed by atoms with Crippen LogP contribution in [-0.4, -0.2) is 23.8 Å². The first-order chi connectivity index (χ1) is 12.3. The first-order valence-electron chi connectivity index (χ1n) is 7.94. The van der Waals surface area contributed by atoms with Crippen molar-refractivity contribution in [3.63, 3.8) is 0 Å². The number of aryl methyl sites for hydroxylation is 2. The lowest BCUT2D eigenvalue weighted by Gasteiger charge is -2.08. The van der Waals surface area contributed by atoms with E-state index in [1.54, 1.807) is 18.3 Å². The third-order valence-corrected chi connectivity index (χ3v) is 5.46. The van der Waals surface area contributed by atoms with Crippen molar-refractivity contribution in [2.45, 2.75) is 25.7 Å². The molecule has 0 spiro atoms. The average Bonchev–Trinajstić information content (AvgIpc) is 2.58. The molecular weight excluding hydrogens is 414 g/mol. The maximum absolute atomic E-state index is 11.9. The fourth-order valence-electron chi connectivity index (χ4n) is 2.12. The van der Waals surface area contributed by atoms with E-state index < -0.39 is 0 Å². The van der Waals surface area contributed by atoms with Crippen LogP contribution < -0.4 is 10.7 Å². The largest absolute Gasteiger partial charge is 0.326 e. The second-order valence-electron chi connectivity index (χ2n) is 5.75. The molecule has 2 aromatic rings. The molecule has 26 heavy (non-hydrogen) atoms. The number of anilines is 1. The van der Waals surface area contributed by atoms with Gasteiger partial charge in [0.05, 0.1) is 12.0 Å². The van der Waals surface area contributed by atoms with Gasteiger partial charge in [0.1, 0.15) is 0 Å². The van der Waals surface area contributed by atoms with Gasteiger partial charge in [0.15, 0.2) is 0 Å². The number of carbonyl (C=O) groups is 2. The SMILES string of the molecule is CC(=O)Nc1ccc(/C=N/NC(=O)CSc2cc(C)c(Br)cc2C)cc1. The maximum atomic E-state index is 11.9. The van der Waals surface area contributed by atoms with Crippen molar-refractivity contribution in [2.24, 2.45) is 5.10 Å². The van der Waals surface area contributed by atoms with Crippen LogP contribution >= 0.6 is 27.7 Å². The normalized spacial score (nSPS) is 10.8. The topological polar surface area (TPSA) is 70.6 Å². The summed E-state index contributed by atoms with van der Waals surface area (Å²) in [5, 5.41) is 6.66. The summed E-state index contributed by atoms with van der Waals surface area (Å²) >= 11 is 4.99. The molecule has 0 fully saturated rings. The van der Waals surface area contributed by atoms with Crippen molar-refractivity contribution in [1.29, 1.82) is 0 Å². The van der Waals surface area contributed by atoms with E-state index in [0.717, 1.165) is 31.7 Å². The highest BCUT2D eigenvalue weighted by Gasteiger charge is 2.06. The fraction of sp³-hybridized carbons (Fsp3) is 0.211. The van der Waals surface area contributed by atoms with Crippen LogP contribution in [0.3, 0.4) is 0 Å². The van der Waals surface area contributed by atoms with Gasteiger partial charge in [-0.3, -0.25) is 9.59 Å². The molecule has 136 valence electrons. The van der Waals surface area contributed by atoms with Crippen molar-refractivity contribution in [1.82, 2.24) is 5.43 Å². The van der Waals surface area contributed by atoms with Gasteiger partial charge in [-0.25, -0.2) is 5.43 Å². The summed E-state index contributed by atoms with van der Waals surface area (Å²) < 4.78 is 1.07. The van der Waals surface area contributed by atoms with Gasteiger partial charge < -0.3 is 5.32 Å². The molecule has 0 atom stereocenters. The Morgan fingerprint density at radius 3 is 2.50 bits per heavy atom. The number of nitrogens with one attached hydrogen (secondary N) is 2. The second-order valence-corrected chi connectivity index (χ2v) is 7.62. The van der Waals surface area contributed by atoms with Crippen molar-refractivity contribution in [2.75, 3.05) is 11.1 Å². The molecule has 0 aliphatic rings. The van der Waals surface area contributed by atoms with Gasteiger partial charge in [0.25, 0.3) is 0 Å². The number of benzene rings is 2. The zero-order valence-electron chi connectivity index (χ0n) is 14.8. The Labute approximate surface area is 165 Å².